The van der Waals surface area contributed by atoms with Gasteiger partial charge in [0.1, 0.15) is 11.3 Å². The highest BCUT2D eigenvalue weighted by atomic mass is 16.5. The standard InChI is InChI=1S/C17H23N3O2/c1-2-6-14(18)17(21)20-11-5-12-22-15-9-3-7-13-8-4-10-19-16(13)15/h3-4,7-10,14H,2,5-6,11-12,18H2,1H3,(H,20,21). The highest BCUT2D eigenvalue weighted by Crippen LogP contribution is 2.22. The number of amides is 1. The van der Waals surface area contributed by atoms with Gasteiger partial charge < -0.3 is 15.8 Å². The number of carbonyl (C=O) groups excluding carboxylic acids is 1. The van der Waals surface area contributed by atoms with Crippen LogP contribution in [0.4, 0.5) is 0 Å². The topological polar surface area (TPSA) is 77.2 Å². The van der Waals surface area contributed by atoms with Gasteiger partial charge in [-0.15, -0.1) is 0 Å². The van der Waals surface area contributed by atoms with Crippen LogP contribution in [0.3, 0.4) is 0 Å². The molecule has 0 saturated carbocycles. The average Bonchev–Trinajstić information content (AvgIpc) is 2.54. The van der Waals surface area contributed by atoms with Gasteiger partial charge in [0.05, 0.1) is 12.6 Å². The minimum Gasteiger partial charge on any atom is -0.491 e. The molecular weight excluding hydrogens is 278 g/mol. The van der Waals surface area contributed by atoms with E-state index in [4.69, 9.17) is 10.5 Å². The second-order valence-corrected chi connectivity index (χ2v) is 5.22. The van der Waals surface area contributed by atoms with Crippen LogP contribution in [0.5, 0.6) is 5.75 Å². The summed E-state index contributed by atoms with van der Waals surface area (Å²) in [6, 6.07) is 9.36. The third kappa shape index (κ3) is 4.43. The lowest BCUT2D eigenvalue weighted by atomic mass is 10.2. The SMILES string of the molecule is CCCC(N)C(=O)NCCCOc1cccc2cccnc12. The highest BCUT2D eigenvalue weighted by Gasteiger charge is 2.10. The van der Waals surface area contributed by atoms with Crippen LogP contribution in [0, 0.1) is 0 Å². The van der Waals surface area contributed by atoms with Crippen molar-refractivity contribution in [2.24, 2.45) is 5.73 Å². The number of carbonyl (C=O) groups is 1. The Morgan fingerprint density at radius 1 is 1.36 bits per heavy atom. The van der Waals surface area contributed by atoms with E-state index < -0.39 is 6.04 Å². The first-order valence-electron chi connectivity index (χ1n) is 7.72. The van der Waals surface area contributed by atoms with Crippen LogP contribution in [0.25, 0.3) is 10.9 Å². The van der Waals surface area contributed by atoms with Crippen LogP contribution in [0.2, 0.25) is 0 Å². The van der Waals surface area contributed by atoms with E-state index in [2.05, 4.69) is 10.3 Å². The lowest BCUT2D eigenvalue weighted by Gasteiger charge is -2.12. The Morgan fingerprint density at radius 2 is 2.18 bits per heavy atom. The van der Waals surface area contributed by atoms with Crippen LogP contribution in [0.1, 0.15) is 26.2 Å². The van der Waals surface area contributed by atoms with Crippen LogP contribution in [-0.4, -0.2) is 30.1 Å². The van der Waals surface area contributed by atoms with Crippen molar-refractivity contribution < 1.29 is 9.53 Å². The number of rotatable bonds is 8. The number of aromatic nitrogens is 1. The van der Waals surface area contributed by atoms with Gasteiger partial charge in [-0.05, 0) is 25.0 Å². The maximum atomic E-state index is 11.7. The molecule has 118 valence electrons. The number of ether oxygens (including phenoxy) is 1. The number of pyridine rings is 1. The molecule has 2 aromatic rings. The zero-order valence-corrected chi connectivity index (χ0v) is 12.9. The fraction of sp³-hybridized carbons (Fsp3) is 0.412. The summed E-state index contributed by atoms with van der Waals surface area (Å²) in [6.07, 6.45) is 4.11. The molecule has 3 N–H and O–H groups in total. The number of para-hydroxylation sites is 1. The van der Waals surface area contributed by atoms with Crippen molar-refractivity contribution in [3.8, 4) is 5.75 Å². The molecule has 0 bridgehead atoms. The Morgan fingerprint density at radius 3 is 3.00 bits per heavy atom. The first-order chi connectivity index (χ1) is 10.7. The number of nitrogens with one attached hydrogen (secondary N) is 1. The van der Waals surface area contributed by atoms with Gasteiger partial charge in [-0.2, -0.15) is 0 Å². The van der Waals surface area contributed by atoms with Crippen LogP contribution in [-0.2, 0) is 4.79 Å². The maximum absolute atomic E-state index is 11.7. The molecule has 0 radical (unpaired) electrons. The fourth-order valence-electron chi connectivity index (χ4n) is 2.23. The summed E-state index contributed by atoms with van der Waals surface area (Å²) in [5.41, 5.74) is 6.60. The number of nitrogens with zero attached hydrogens (tertiary/aromatic N) is 1. The van der Waals surface area contributed by atoms with Gasteiger partial charge in [0.2, 0.25) is 5.91 Å². The second-order valence-electron chi connectivity index (χ2n) is 5.22. The molecule has 1 atom stereocenters. The second kappa shape index (κ2) is 8.34. The van der Waals surface area contributed by atoms with E-state index in [9.17, 15) is 4.79 Å². The van der Waals surface area contributed by atoms with E-state index in [0.29, 0.717) is 19.6 Å². The average molecular weight is 301 g/mol. The van der Waals surface area contributed by atoms with Gasteiger partial charge in [-0.25, -0.2) is 0 Å². The molecule has 1 amide bonds. The van der Waals surface area contributed by atoms with Crippen molar-refractivity contribution >= 4 is 16.8 Å². The van der Waals surface area contributed by atoms with E-state index in [0.717, 1.165) is 29.5 Å². The van der Waals surface area contributed by atoms with Gasteiger partial charge >= 0.3 is 0 Å². The zero-order chi connectivity index (χ0) is 15.8. The Labute approximate surface area is 130 Å². The van der Waals surface area contributed by atoms with E-state index in [-0.39, 0.29) is 5.91 Å². The summed E-state index contributed by atoms with van der Waals surface area (Å²) in [5, 5.41) is 3.89. The normalized spacial score (nSPS) is 12.1. The van der Waals surface area contributed by atoms with Crippen molar-refractivity contribution in [2.75, 3.05) is 13.2 Å². The van der Waals surface area contributed by atoms with Crippen LogP contribution < -0.4 is 15.8 Å². The fourth-order valence-corrected chi connectivity index (χ4v) is 2.23. The van der Waals surface area contributed by atoms with Gasteiger partial charge in [0.25, 0.3) is 0 Å². The minimum absolute atomic E-state index is 0.0892. The summed E-state index contributed by atoms with van der Waals surface area (Å²) in [7, 11) is 0. The number of hydrogen-bond acceptors (Lipinski definition) is 4. The van der Waals surface area contributed by atoms with E-state index in [1.54, 1.807) is 6.20 Å². The van der Waals surface area contributed by atoms with E-state index >= 15 is 0 Å². The molecule has 1 aromatic heterocycles. The van der Waals surface area contributed by atoms with Crippen LogP contribution >= 0.6 is 0 Å². The summed E-state index contributed by atoms with van der Waals surface area (Å²) in [6.45, 7) is 3.10. The Kier molecular flexibility index (Phi) is 6.15. The molecule has 0 fully saturated rings. The minimum atomic E-state index is -0.409. The first-order valence-corrected chi connectivity index (χ1v) is 7.72. The molecule has 2 rings (SSSR count). The largest absolute Gasteiger partial charge is 0.491 e. The molecule has 1 aromatic carbocycles. The van der Waals surface area contributed by atoms with Gasteiger partial charge in [0, 0.05) is 18.1 Å². The molecular formula is C17H23N3O2. The lowest BCUT2D eigenvalue weighted by molar-refractivity contribution is -0.122. The molecule has 1 unspecified atom stereocenters. The predicted octanol–water partition coefficient (Wildman–Crippen LogP) is 2.25. The van der Waals surface area contributed by atoms with Crippen molar-refractivity contribution in [2.45, 2.75) is 32.2 Å². The quantitative estimate of drug-likeness (QED) is 0.733. The molecule has 1 heterocycles. The van der Waals surface area contributed by atoms with Crippen LogP contribution in [0.15, 0.2) is 36.5 Å². The number of nitrogens with two attached hydrogens (primary N) is 1. The van der Waals surface area contributed by atoms with Crippen molar-refractivity contribution in [1.82, 2.24) is 10.3 Å². The molecule has 0 aliphatic heterocycles. The van der Waals surface area contributed by atoms with Gasteiger partial charge in [-0.3, -0.25) is 9.78 Å². The predicted molar refractivity (Wildman–Crippen MR) is 87.7 cm³/mol. The van der Waals surface area contributed by atoms with Gasteiger partial charge in [-0.1, -0.05) is 31.5 Å². The van der Waals surface area contributed by atoms with Crippen molar-refractivity contribution in [3.63, 3.8) is 0 Å². The monoisotopic (exact) mass is 301 g/mol. The Bertz CT molecular complexity index is 610. The zero-order valence-electron chi connectivity index (χ0n) is 12.9. The van der Waals surface area contributed by atoms with E-state index in [1.165, 1.54) is 0 Å². The van der Waals surface area contributed by atoms with Gasteiger partial charge in [0.15, 0.2) is 0 Å². The molecule has 0 spiro atoms. The molecule has 0 saturated heterocycles. The summed E-state index contributed by atoms with van der Waals surface area (Å²) in [5.74, 6) is 0.681. The molecule has 0 aliphatic rings. The summed E-state index contributed by atoms with van der Waals surface area (Å²) in [4.78, 5) is 16.0. The molecule has 5 heteroatoms. The number of hydrogen-bond donors (Lipinski definition) is 2. The Hall–Kier alpha value is -2.14. The maximum Gasteiger partial charge on any atom is 0.236 e. The highest BCUT2D eigenvalue weighted by molar-refractivity contribution is 5.84. The van der Waals surface area contributed by atoms with E-state index in [1.807, 2.05) is 37.3 Å². The Balaban J connectivity index is 1.76. The summed E-state index contributed by atoms with van der Waals surface area (Å²) < 4.78 is 5.76. The molecule has 0 aliphatic carbocycles. The molecule has 22 heavy (non-hydrogen) atoms. The smallest absolute Gasteiger partial charge is 0.236 e. The van der Waals surface area contributed by atoms with Crippen molar-refractivity contribution in [3.05, 3.63) is 36.5 Å². The number of fused-ring (bicyclic) bond motifs is 1. The number of benzene rings is 1. The lowest BCUT2D eigenvalue weighted by Crippen LogP contribution is -2.41. The third-order valence-corrected chi connectivity index (χ3v) is 3.41. The third-order valence-electron chi connectivity index (χ3n) is 3.41. The first kappa shape index (κ1) is 16.2. The molecule has 5 nitrogen and oxygen atoms in total. The summed E-state index contributed by atoms with van der Waals surface area (Å²) >= 11 is 0. The van der Waals surface area contributed by atoms with Crippen molar-refractivity contribution in [1.29, 1.82) is 0 Å².